The molecule has 1 N–H and O–H groups in total. The van der Waals surface area contributed by atoms with Gasteiger partial charge in [-0.15, -0.1) is 0 Å². The van der Waals surface area contributed by atoms with E-state index in [0.717, 1.165) is 22.4 Å². The van der Waals surface area contributed by atoms with E-state index >= 15 is 0 Å². The van der Waals surface area contributed by atoms with Crippen molar-refractivity contribution in [3.8, 4) is 5.75 Å². The lowest BCUT2D eigenvalue weighted by Gasteiger charge is -2.22. The highest BCUT2D eigenvalue weighted by molar-refractivity contribution is 5.83. The van der Waals surface area contributed by atoms with Gasteiger partial charge in [0.25, 0.3) is 0 Å². The van der Waals surface area contributed by atoms with Gasteiger partial charge in [-0.05, 0) is 23.3 Å². The van der Waals surface area contributed by atoms with Crippen LogP contribution in [0.3, 0.4) is 0 Å². The van der Waals surface area contributed by atoms with Gasteiger partial charge in [-0.25, -0.2) is 0 Å². The molecule has 0 radical (unpaired) electrons. The minimum Gasteiger partial charge on any atom is -0.461 e. The van der Waals surface area contributed by atoms with Crippen LogP contribution in [0.4, 0.5) is 0 Å². The molecule has 0 aliphatic carbocycles. The molecule has 0 amide bonds. The molecule has 0 bridgehead atoms. The fourth-order valence-corrected chi connectivity index (χ4v) is 2.06. The SMILES string of the molecule is COC.O[C@@H]1C=C(c2ccccc2)c2ccccc2O1. The molecule has 3 nitrogen and oxygen atoms in total. The molecule has 3 heteroatoms. The van der Waals surface area contributed by atoms with Crippen LogP contribution >= 0.6 is 0 Å². The molecule has 20 heavy (non-hydrogen) atoms. The Morgan fingerprint density at radius 1 is 0.950 bits per heavy atom. The zero-order valence-electron chi connectivity index (χ0n) is 11.6. The van der Waals surface area contributed by atoms with Gasteiger partial charge in [0.1, 0.15) is 5.75 Å². The number of ether oxygens (including phenoxy) is 2. The summed E-state index contributed by atoms with van der Waals surface area (Å²) < 4.78 is 9.61. The van der Waals surface area contributed by atoms with Gasteiger partial charge in [0.05, 0.1) is 0 Å². The van der Waals surface area contributed by atoms with Crippen molar-refractivity contribution in [1.82, 2.24) is 0 Å². The molecule has 0 aromatic heterocycles. The Hall–Kier alpha value is -2.10. The zero-order valence-corrected chi connectivity index (χ0v) is 11.6. The molecule has 0 unspecified atom stereocenters. The van der Waals surface area contributed by atoms with E-state index in [2.05, 4.69) is 4.74 Å². The molecule has 0 fully saturated rings. The number of hydrogen-bond acceptors (Lipinski definition) is 3. The van der Waals surface area contributed by atoms with E-state index in [1.165, 1.54) is 0 Å². The lowest BCUT2D eigenvalue weighted by atomic mass is 9.95. The first-order valence-corrected chi connectivity index (χ1v) is 6.37. The summed E-state index contributed by atoms with van der Waals surface area (Å²) in [6, 6.07) is 17.7. The summed E-state index contributed by atoms with van der Waals surface area (Å²) in [5, 5.41) is 9.69. The van der Waals surface area contributed by atoms with Crippen molar-refractivity contribution in [1.29, 1.82) is 0 Å². The Kier molecular flexibility index (Phi) is 4.93. The first kappa shape index (κ1) is 14.3. The molecule has 3 rings (SSSR count). The van der Waals surface area contributed by atoms with Crippen LogP contribution < -0.4 is 4.74 Å². The predicted molar refractivity (Wildman–Crippen MR) is 79.5 cm³/mol. The first-order valence-electron chi connectivity index (χ1n) is 6.37. The maximum atomic E-state index is 9.69. The summed E-state index contributed by atoms with van der Waals surface area (Å²) in [4.78, 5) is 0. The maximum Gasteiger partial charge on any atom is 0.218 e. The standard InChI is InChI=1S/C15H12O2.C2H6O/c16-15-10-13(11-6-2-1-3-7-11)12-8-4-5-9-14(12)17-15;1-3-2/h1-10,15-16H;1-2H3/t15-;/m0./s1. The van der Waals surface area contributed by atoms with Crippen LogP contribution in [0.25, 0.3) is 5.57 Å². The Labute approximate surface area is 119 Å². The van der Waals surface area contributed by atoms with Crippen molar-refractivity contribution in [3.63, 3.8) is 0 Å². The van der Waals surface area contributed by atoms with E-state index in [1.54, 1.807) is 20.3 Å². The van der Waals surface area contributed by atoms with Gasteiger partial charge in [-0.1, -0.05) is 48.5 Å². The number of aliphatic hydroxyl groups excluding tert-OH is 1. The third-order valence-electron chi connectivity index (χ3n) is 2.82. The fraction of sp³-hybridized carbons (Fsp3) is 0.176. The molecular weight excluding hydrogens is 252 g/mol. The monoisotopic (exact) mass is 270 g/mol. The van der Waals surface area contributed by atoms with E-state index < -0.39 is 6.29 Å². The lowest BCUT2D eigenvalue weighted by Crippen LogP contribution is -2.17. The molecule has 104 valence electrons. The van der Waals surface area contributed by atoms with Gasteiger partial charge in [0.2, 0.25) is 6.29 Å². The van der Waals surface area contributed by atoms with E-state index in [-0.39, 0.29) is 0 Å². The largest absolute Gasteiger partial charge is 0.461 e. The molecule has 1 aliphatic rings. The minimum absolute atomic E-state index is 0.723. The lowest BCUT2D eigenvalue weighted by molar-refractivity contribution is 0.0226. The smallest absolute Gasteiger partial charge is 0.218 e. The van der Waals surface area contributed by atoms with Crippen molar-refractivity contribution < 1.29 is 14.6 Å². The van der Waals surface area contributed by atoms with Crippen molar-refractivity contribution >= 4 is 5.57 Å². The zero-order chi connectivity index (χ0) is 14.4. The summed E-state index contributed by atoms with van der Waals surface area (Å²) >= 11 is 0. The summed E-state index contributed by atoms with van der Waals surface area (Å²) in [5.74, 6) is 0.723. The van der Waals surface area contributed by atoms with Gasteiger partial charge >= 0.3 is 0 Å². The van der Waals surface area contributed by atoms with Gasteiger partial charge in [0.15, 0.2) is 0 Å². The molecular formula is C17H18O3. The number of benzene rings is 2. The third kappa shape index (κ3) is 3.26. The van der Waals surface area contributed by atoms with Crippen LogP contribution in [0.15, 0.2) is 60.7 Å². The van der Waals surface area contributed by atoms with Gasteiger partial charge in [-0.2, -0.15) is 0 Å². The molecule has 1 atom stereocenters. The van der Waals surface area contributed by atoms with Crippen molar-refractivity contribution in [2.45, 2.75) is 6.29 Å². The number of para-hydroxylation sites is 1. The van der Waals surface area contributed by atoms with Crippen molar-refractivity contribution in [2.75, 3.05) is 14.2 Å². The topological polar surface area (TPSA) is 38.7 Å². The van der Waals surface area contributed by atoms with Gasteiger partial charge < -0.3 is 14.6 Å². The Balaban J connectivity index is 0.000000452. The maximum absolute atomic E-state index is 9.69. The summed E-state index contributed by atoms with van der Waals surface area (Å²) in [6.45, 7) is 0. The summed E-state index contributed by atoms with van der Waals surface area (Å²) in [5.41, 5.74) is 3.12. The summed E-state index contributed by atoms with van der Waals surface area (Å²) in [6.07, 6.45) is 0.859. The molecule has 2 aromatic carbocycles. The van der Waals surface area contributed by atoms with Crippen molar-refractivity contribution in [3.05, 3.63) is 71.8 Å². The van der Waals surface area contributed by atoms with Crippen LogP contribution in [0, 0.1) is 0 Å². The molecule has 1 heterocycles. The van der Waals surface area contributed by atoms with Crippen LogP contribution in [0.2, 0.25) is 0 Å². The average molecular weight is 270 g/mol. The van der Waals surface area contributed by atoms with Crippen LogP contribution in [0.5, 0.6) is 5.75 Å². The van der Waals surface area contributed by atoms with E-state index in [9.17, 15) is 5.11 Å². The number of methoxy groups -OCH3 is 1. The van der Waals surface area contributed by atoms with E-state index in [0.29, 0.717) is 0 Å². The Bertz CT molecular complexity index is 576. The van der Waals surface area contributed by atoms with E-state index in [4.69, 9.17) is 4.74 Å². The number of fused-ring (bicyclic) bond motifs is 1. The predicted octanol–water partition coefficient (Wildman–Crippen LogP) is 3.09. The van der Waals surface area contributed by atoms with Crippen LogP contribution in [-0.4, -0.2) is 25.6 Å². The van der Waals surface area contributed by atoms with Crippen molar-refractivity contribution in [2.24, 2.45) is 0 Å². The molecule has 0 saturated carbocycles. The normalized spacial score (nSPS) is 16.1. The quantitative estimate of drug-likeness (QED) is 0.865. The summed E-state index contributed by atoms with van der Waals surface area (Å²) in [7, 11) is 3.25. The minimum atomic E-state index is -0.875. The second kappa shape index (κ2) is 6.89. The van der Waals surface area contributed by atoms with E-state index in [1.807, 2.05) is 54.6 Å². The van der Waals surface area contributed by atoms with Gasteiger partial charge in [0, 0.05) is 19.8 Å². The third-order valence-corrected chi connectivity index (χ3v) is 2.82. The van der Waals surface area contributed by atoms with Crippen LogP contribution in [-0.2, 0) is 4.74 Å². The van der Waals surface area contributed by atoms with Crippen LogP contribution in [0.1, 0.15) is 11.1 Å². The first-order chi connectivity index (χ1) is 9.76. The highest BCUT2D eigenvalue weighted by atomic mass is 16.6. The second-order valence-corrected chi connectivity index (χ2v) is 4.36. The van der Waals surface area contributed by atoms with Gasteiger partial charge in [-0.3, -0.25) is 0 Å². The molecule has 0 saturated heterocycles. The molecule has 1 aliphatic heterocycles. The fourth-order valence-electron chi connectivity index (χ4n) is 2.06. The molecule has 2 aromatic rings. The molecule has 0 spiro atoms. The highest BCUT2D eigenvalue weighted by Crippen LogP contribution is 2.35. The number of aliphatic hydroxyl groups is 1. The Morgan fingerprint density at radius 3 is 2.25 bits per heavy atom. The number of rotatable bonds is 1. The second-order valence-electron chi connectivity index (χ2n) is 4.36. The Morgan fingerprint density at radius 2 is 1.55 bits per heavy atom. The average Bonchev–Trinajstić information content (AvgIpc) is 2.48. The number of hydrogen-bond donors (Lipinski definition) is 1. The highest BCUT2D eigenvalue weighted by Gasteiger charge is 2.19.